The molecule has 3 rings (SSSR count). The zero-order chi connectivity index (χ0) is 17.3. The van der Waals surface area contributed by atoms with Gasteiger partial charge in [0.05, 0.1) is 5.92 Å². The number of nitrogens with one attached hydrogen (secondary N) is 1. The lowest BCUT2D eigenvalue weighted by Crippen LogP contribution is -2.35. The highest BCUT2D eigenvalue weighted by Gasteiger charge is 2.32. The van der Waals surface area contributed by atoms with Gasteiger partial charge in [0.15, 0.2) is 0 Å². The first kappa shape index (κ1) is 16.6. The van der Waals surface area contributed by atoms with Crippen LogP contribution in [0.1, 0.15) is 35.8 Å². The molecule has 0 radical (unpaired) electrons. The van der Waals surface area contributed by atoms with Crippen molar-refractivity contribution < 1.29 is 9.59 Å². The van der Waals surface area contributed by atoms with Gasteiger partial charge in [-0.3, -0.25) is 9.59 Å². The van der Waals surface area contributed by atoms with Crippen LogP contribution >= 0.6 is 0 Å². The predicted octanol–water partition coefficient (Wildman–Crippen LogP) is 2.48. The molecular formula is C19H25N3O2. The Bertz CT molecular complexity index is 778. The highest BCUT2D eigenvalue weighted by molar-refractivity contribution is 5.99. The normalized spacial score (nSPS) is 17.5. The van der Waals surface area contributed by atoms with E-state index in [1.807, 2.05) is 37.6 Å². The van der Waals surface area contributed by atoms with Gasteiger partial charge < -0.3 is 14.8 Å². The van der Waals surface area contributed by atoms with E-state index in [2.05, 4.69) is 17.4 Å². The van der Waals surface area contributed by atoms with Gasteiger partial charge in [-0.05, 0) is 38.0 Å². The van der Waals surface area contributed by atoms with Crippen LogP contribution in [0.25, 0.3) is 10.9 Å². The van der Waals surface area contributed by atoms with E-state index in [0.29, 0.717) is 25.3 Å². The van der Waals surface area contributed by atoms with E-state index >= 15 is 0 Å². The van der Waals surface area contributed by atoms with Crippen molar-refractivity contribution in [1.29, 1.82) is 0 Å². The third-order valence-electron chi connectivity index (χ3n) is 4.81. The van der Waals surface area contributed by atoms with Gasteiger partial charge in [0.1, 0.15) is 5.69 Å². The molecule has 0 aliphatic carbocycles. The van der Waals surface area contributed by atoms with Crippen molar-refractivity contribution in [2.75, 3.05) is 19.6 Å². The average Bonchev–Trinajstić information content (AvgIpc) is 3.17. The highest BCUT2D eigenvalue weighted by atomic mass is 16.2. The molecule has 1 fully saturated rings. The van der Waals surface area contributed by atoms with Crippen LogP contribution in [0.3, 0.4) is 0 Å². The first-order valence-corrected chi connectivity index (χ1v) is 8.64. The Balaban J connectivity index is 1.76. The molecule has 2 heterocycles. The zero-order valence-corrected chi connectivity index (χ0v) is 14.6. The van der Waals surface area contributed by atoms with Crippen LogP contribution in [0.4, 0.5) is 0 Å². The molecule has 5 nitrogen and oxygen atoms in total. The molecule has 2 amide bonds. The van der Waals surface area contributed by atoms with Gasteiger partial charge >= 0.3 is 0 Å². The fourth-order valence-corrected chi connectivity index (χ4v) is 3.39. The van der Waals surface area contributed by atoms with Gasteiger partial charge in [0.25, 0.3) is 5.91 Å². The Hall–Kier alpha value is -2.30. The Labute approximate surface area is 142 Å². The topological polar surface area (TPSA) is 54.3 Å². The third kappa shape index (κ3) is 3.03. The molecule has 0 spiro atoms. The van der Waals surface area contributed by atoms with E-state index in [-0.39, 0.29) is 17.7 Å². The molecule has 1 aromatic heterocycles. The summed E-state index contributed by atoms with van der Waals surface area (Å²) in [7, 11) is 1.92. The molecule has 0 bridgehead atoms. The smallest absolute Gasteiger partial charge is 0.270 e. The van der Waals surface area contributed by atoms with E-state index < -0.39 is 0 Å². The molecular weight excluding hydrogens is 302 g/mol. The molecule has 1 saturated heterocycles. The fraction of sp³-hybridized carbons (Fsp3) is 0.474. The minimum atomic E-state index is -0.0857. The fourth-order valence-electron chi connectivity index (χ4n) is 3.39. The summed E-state index contributed by atoms with van der Waals surface area (Å²) in [5, 5.41) is 4.01. The van der Waals surface area contributed by atoms with Crippen LogP contribution < -0.4 is 5.32 Å². The maximum absolute atomic E-state index is 12.9. The largest absolute Gasteiger partial charge is 0.356 e. The Morgan fingerprint density at radius 2 is 2.08 bits per heavy atom. The van der Waals surface area contributed by atoms with Crippen LogP contribution in [0.2, 0.25) is 0 Å². The second-order valence-electron chi connectivity index (χ2n) is 6.68. The minimum absolute atomic E-state index is 0.0112. The number of likely N-dealkylation sites (tertiary alicyclic amines) is 1. The number of rotatable bonds is 4. The van der Waals surface area contributed by atoms with Crippen molar-refractivity contribution >= 4 is 22.7 Å². The lowest BCUT2D eigenvalue weighted by atomic mass is 10.1. The molecule has 0 unspecified atom stereocenters. The monoisotopic (exact) mass is 327 g/mol. The van der Waals surface area contributed by atoms with E-state index in [4.69, 9.17) is 0 Å². The van der Waals surface area contributed by atoms with Crippen LogP contribution in [0, 0.1) is 12.8 Å². The van der Waals surface area contributed by atoms with Gasteiger partial charge in [-0.25, -0.2) is 0 Å². The van der Waals surface area contributed by atoms with Gasteiger partial charge in [-0.1, -0.05) is 18.6 Å². The third-order valence-corrected chi connectivity index (χ3v) is 4.81. The van der Waals surface area contributed by atoms with Crippen LogP contribution in [-0.4, -0.2) is 40.9 Å². The van der Waals surface area contributed by atoms with Crippen molar-refractivity contribution in [2.24, 2.45) is 13.0 Å². The molecule has 1 aromatic carbocycles. The summed E-state index contributed by atoms with van der Waals surface area (Å²) in [6, 6.07) is 8.15. The van der Waals surface area contributed by atoms with Crippen LogP contribution in [0.5, 0.6) is 0 Å². The lowest BCUT2D eigenvalue weighted by Gasteiger charge is -2.17. The van der Waals surface area contributed by atoms with Gasteiger partial charge in [0.2, 0.25) is 5.91 Å². The van der Waals surface area contributed by atoms with Crippen molar-refractivity contribution in [3.63, 3.8) is 0 Å². The van der Waals surface area contributed by atoms with E-state index in [1.165, 1.54) is 5.56 Å². The summed E-state index contributed by atoms with van der Waals surface area (Å²) in [4.78, 5) is 26.8. The summed E-state index contributed by atoms with van der Waals surface area (Å²) in [6.45, 7) is 5.94. The Morgan fingerprint density at radius 3 is 2.83 bits per heavy atom. The SMILES string of the molecule is CCCNC(=O)[C@@H]1CCN(C(=O)c2cc3cc(C)ccc3n2C)C1. The van der Waals surface area contributed by atoms with Crippen LogP contribution in [-0.2, 0) is 11.8 Å². The maximum atomic E-state index is 12.9. The number of aryl methyl sites for hydroxylation is 2. The number of fused-ring (bicyclic) bond motifs is 1. The van der Waals surface area contributed by atoms with E-state index in [1.54, 1.807) is 4.90 Å². The number of amides is 2. The Kier molecular flexibility index (Phi) is 4.60. The first-order chi connectivity index (χ1) is 11.5. The average molecular weight is 327 g/mol. The number of benzene rings is 1. The summed E-state index contributed by atoms with van der Waals surface area (Å²) < 4.78 is 1.95. The zero-order valence-electron chi connectivity index (χ0n) is 14.6. The number of carbonyl (C=O) groups excluding carboxylic acids is 2. The molecule has 1 N–H and O–H groups in total. The summed E-state index contributed by atoms with van der Waals surface area (Å²) in [5.74, 6) is -0.00519. The van der Waals surface area contributed by atoms with E-state index in [0.717, 1.165) is 23.7 Å². The molecule has 24 heavy (non-hydrogen) atoms. The predicted molar refractivity (Wildman–Crippen MR) is 95.0 cm³/mol. The molecule has 1 aliphatic rings. The summed E-state index contributed by atoms with van der Waals surface area (Å²) in [5.41, 5.74) is 2.92. The highest BCUT2D eigenvalue weighted by Crippen LogP contribution is 2.24. The van der Waals surface area contributed by atoms with Crippen molar-refractivity contribution in [3.05, 3.63) is 35.5 Å². The second kappa shape index (κ2) is 6.67. The minimum Gasteiger partial charge on any atom is -0.356 e. The first-order valence-electron chi connectivity index (χ1n) is 8.64. The number of carbonyl (C=O) groups is 2. The standard InChI is InChI=1S/C19H25N3O2/c1-4-8-20-18(23)14-7-9-22(12-14)19(24)17-11-15-10-13(2)5-6-16(15)21(17)3/h5-6,10-11,14H,4,7-9,12H2,1-3H3,(H,20,23)/t14-/m1/s1. The number of hydrogen-bond donors (Lipinski definition) is 1. The number of aromatic nitrogens is 1. The summed E-state index contributed by atoms with van der Waals surface area (Å²) in [6.07, 6.45) is 1.67. The van der Waals surface area contributed by atoms with E-state index in [9.17, 15) is 9.59 Å². The molecule has 2 aromatic rings. The molecule has 1 aliphatic heterocycles. The second-order valence-corrected chi connectivity index (χ2v) is 6.68. The molecule has 1 atom stereocenters. The van der Waals surface area contributed by atoms with Gasteiger partial charge in [0, 0.05) is 37.6 Å². The Morgan fingerprint density at radius 1 is 1.29 bits per heavy atom. The molecule has 5 heteroatoms. The van der Waals surface area contributed by atoms with Crippen molar-refractivity contribution in [3.8, 4) is 0 Å². The quantitative estimate of drug-likeness (QED) is 0.938. The van der Waals surface area contributed by atoms with Crippen LogP contribution in [0.15, 0.2) is 24.3 Å². The molecule has 128 valence electrons. The van der Waals surface area contributed by atoms with Gasteiger partial charge in [-0.2, -0.15) is 0 Å². The van der Waals surface area contributed by atoms with Gasteiger partial charge in [-0.15, -0.1) is 0 Å². The number of nitrogens with zero attached hydrogens (tertiary/aromatic N) is 2. The molecule has 0 saturated carbocycles. The maximum Gasteiger partial charge on any atom is 0.270 e. The number of hydrogen-bond acceptors (Lipinski definition) is 2. The van der Waals surface area contributed by atoms with Crippen molar-refractivity contribution in [1.82, 2.24) is 14.8 Å². The summed E-state index contributed by atoms with van der Waals surface area (Å²) >= 11 is 0. The van der Waals surface area contributed by atoms with Crippen molar-refractivity contribution in [2.45, 2.75) is 26.7 Å². The lowest BCUT2D eigenvalue weighted by molar-refractivity contribution is -0.124.